The van der Waals surface area contributed by atoms with Gasteiger partial charge in [0.05, 0.1) is 29.4 Å². The van der Waals surface area contributed by atoms with Crippen LogP contribution in [0.3, 0.4) is 0 Å². The van der Waals surface area contributed by atoms with Gasteiger partial charge in [-0.2, -0.15) is 0 Å². The minimum atomic E-state index is -3.88. The van der Waals surface area contributed by atoms with Gasteiger partial charge in [-0.25, -0.2) is 18.0 Å². The number of esters is 1. The van der Waals surface area contributed by atoms with Gasteiger partial charge in [-0.15, -0.1) is 0 Å². The Morgan fingerprint density at radius 1 is 1.14 bits per heavy atom. The maximum Gasteiger partial charge on any atom is 0.338 e. The van der Waals surface area contributed by atoms with Crippen LogP contribution in [0, 0.1) is 0 Å². The normalized spacial score (nSPS) is 16.9. The molecular formula is C19H17ClN2O5S. The quantitative estimate of drug-likeness (QED) is 0.724. The molecule has 2 aromatic carbocycles. The monoisotopic (exact) mass is 420 g/mol. The molecule has 1 aliphatic heterocycles. The predicted octanol–water partition coefficient (Wildman–Crippen LogP) is 2.59. The van der Waals surface area contributed by atoms with E-state index < -0.39 is 33.6 Å². The van der Waals surface area contributed by atoms with Gasteiger partial charge in [0.2, 0.25) is 0 Å². The van der Waals surface area contributed by atoms with Crippen LogP contribution in [0.5, 0.6) is 0 Å². The third-order valence-corrected chi connectivity index (χ3v) is 6.06. The van der Waals surface area contributed by atoms with Crippen molar-refractivity contribution in [1.82, 2.24) is 10.6 Å². The Labute approximate surface area is 167 Å². The van der Waals surface area contributed by atoms with Gasteiger partial charge in [-0.05, 0) is 23.8 Å². The zero-order valence-corrected chi connectivity index (χ0v) is 16.4. The van der Waals surface area contributed by atoms with Gasteiger partial charge in [-0.3, -0.25) is 0 Å². The van der Waals surface area contributed by atoms with E-state index in [1.807, 2.05) is 0 Å². The fourth-order valence-electron chi connectivity index (χ4n) is 2.91. The van der Waals surface area contributed by atoms with Crippen molar-refractivity contribution in [2.45, 2.75) is 10.9 Å². The van der Waals surface area contributed by atoms with Crippen LogP contribution in [0.1, 0.15) is 11.6 Å². The lowest BCUT2D eigenvalue weighted by Gasteiger charge is -2.29. The average Bonchev–Trinajstić information content (AvgIpc) is 2.67. The molecule has 9 heteroatoms. The molecule has 0 fully saturated rings. The molecule has 0 unspecified atom stereocenters. The zero-order valence-electron chi connectivity index (χ0n) is 14.8. The van der Waals surface area contributed by atoms with Crippen LogP contribution in [0.25, 0.3) is 0 Å². The molecule has 0 spiro atoms. The van der Waals surface area contributed by atoms with Crippen molar-refractivity contribution >= 4 is 33.4 Å². The predicted molar refractivity (Wildman–Crippen MR) is 103 cm³/mol. The van der Waals surface area contributed by atoms with E-state index in [4.69, 9.17) is 16.3 Å². The SMILES string of the molecule is COC(=O)C1=C(CS(=O)(=O)c2cccc(Cl)c2)NC(=O)N[C@H]1c1ccccc1. The van der Waals surface area contributed by atoms with E-state index >= 15 is 0 Å². The minimum Gasteiger partial charge on any atom is -0.466 e. The number of halogens is 1. The van der Waals surface area contributed by atoms with Crippen LogP contribution < -0.4 is 10.6 Å². The van der Waals surface area contributed by atoms with Crippen molar-refractivity contribution in [3.05, 3.63) is 76.5 Å². The van der Waals surface area contributed by atoms with Crippen LogP contribution >= 0.6 is 11.6 Å². The molecule has 7 nitrogen and oxygen atoms in total. The summed E-state index contributed by atoms with van der Waals surface area (Å²) in [6, 6.07) is 13.1. The second kappa shape index (κ2) is 8.04. The number of urea groups is 1. The number of carbonyl (C=O) groups is 2. The van der Waals surface area contributed by atoms with Gasteiger partial charge in [0.25, 0.3) is 0 Å². The highest BCUT2D eigenvalue weighted by molar-refractivity contribution is 7.91. The molecule has 146 valence electrons. The van der Waals surface area contributed by atoms with Crippen molar-refractivity contribution in [3.8, 4) is 0 Å². The Bertz CT molecular complexity index is 1050. The maximum absolute atomic E-state index is 12.8. The van der Waals surface area contributed by atoms with E-state index in [0.29, 0.717) is 5.56 Å². The highest BCUT2D eigenvalue weighted by Gasteiger charge is 2.35. The molecule has 1 heterocycles. The molecule has 0 aliphatic carbocycles. The summed E-state index contributed by atoms with van der Waals surface area (Å²) in [7, 11) is -2.69. The molecule has 28 heavy (non-hydrogen) atoms. The summed E-state index contributed by atoms with van der Waals surface area (Å²) >= 11 is 5.89. The Balaban J connectivity index is 2.09. The number of methoxy groups -OCH3 is 1. The first kappa shape index (κ1) is 19.9. The number of hydrogen-bond acceptors (Lipinski definition) is 5. The summed E-state index contributed by atoms with van der Waals surface area (Å²) in [4.78, 5) is 24.6. The molecule has 1 aliphatic rings. The number of carbonyl (C=O) groups excluding carboxylic acids is 2. The number of nitrogens with one attached hydrogen (secondary N) is 2. The van der Waals surface area contributed by atoms with E-state index in [9.17, 15) is 18.0 Å². The molecule has 3 rings (SSSR count). The van der Waals surface area contributed by atoms with Crippen LogP contribution in [-0.2, 0) is 19.4 Å². The molecule has 2 amide bonds. The Kier molecular flexibility index (Phi) is 5.71. The molecule has 0 bridgehead atoms. The van der Waals surface area contributed by atoms with Crippen molar-refractivity contribution < 1.29 is 22.7 Å². The first-order chi connectivity index (χ1) is 13.3. The number of amides is 2. The van der Waals surface area contributed by atoms with E-state index in [0.717, 1.165) is 0 Å². The van der Waals surface area contributed by atoms with Gasteiger partial charge in [0, 0.05) is 10.7 Å². The third kappa shape index (κ3) is 4.18. The maximum atomic E-state index is 12.8. The highest BCUT2D eigenvalue weighted by atomic mass is 35.5. The van der Waals surface area contributed by atoms with Crippen molar-refractivity contribution in [2.24, 2.45) is 0 Å². The Hall–Kier alpha value is -2.84. The first-order valence-electron chi connectivity index (χ1n) is 8.24. The molecule has 1 atom stereocenters. The van der Waals surface area contributed by atoms with E-state index in [-0.39, 0.29) is 21.2 Å². The molecule has 0 saturated carbocycles. The lowest BCUT2D eigenvalue weighted by atomic mass is 9.96. The van der Waals surface area contributed by atoms with Crippen LogP contribution in [0.4, 0.5) is 4.79 Å². The molecule has 0 radical (unpaired) electrons. The van der Waals surface area contributed by atoms with Gasteiger partial charge in [-0.1, -0.05) is 48.0 Å². The number of ether oxygens (including phenoxy) is 1. The number of benzene rings is 2. The van der Waals surface area contributed by atoms with Gasteiger partial charge < -0.3 is 15.4 Å². The minimum absolute atomic E-state index is 0.0132. The van der Waals surface area contributed by atoms with Crippen molar-refractivity contribution in [2.75, 3.05) is 12.9 Å². The fraction of sp³-hybridized carbons (Fsp3) is 0.158. The van der Waals surface area contributed by atoms with Crippen LogP contribution in [0.2, 0.25) is 5.02 Å². The Morgan fingerprint density at radius 2 is 1.86 bits per heavy atom. The summed E-state index contributed by atoms with van der Waals surface area (Å²) in [6.45, 7) is 0. The lowest BCUT2D eigenvalue weighted by Crippen LogP contribution is -2.47. The number of rotatable bonds is 5. The summed E-state index contributed by atoms with van der Waals surface area (Å²) < 4.78 is 30.5. The number of sulfone groups is 1. The lowest BCUT2D eigenvalue weighted by molar-refractivity contribution is -0.136. The second-order valence-corrected chi connectivity index (χ2v) is 8.47. The summed E-state index contributed by atoms with van der Waals surface area (Å²) in [6.07, 6.45) is 0. The van der Waals surface area contributed by atoms with Gasteiger partial charge >= 0.3 is 12.0 Å². The van der Waals surface area contributed by atoms with Crippen LogP contribution in [-0.4, -0.2) is 33.3 Å². The second-order valence-electron chi connectivity index (χ2n) is 6.04. The van der Waals surface area contributed by atoms with E-state index in [1.165, 1.54) is 25.3 Å². The van der Waals surface area contributed by atoms with Crippen LogP contribution in [0.15, 0.2) is 70.8 Å². The standard InChI is InChI=1S/C19H17ClN2O5S/c1-27-18(23)16-15(11-28(25,26)14-9-5-8-13(20)10-14)21-19(24)22-17(16)12-6-3-2-4-7-12/h2-10,17H,11H2,1H3,(H2,21,22,24)/t17-/m0/s1. The average molecular weight is 421 g/mol. The third-order valence-electron chi connectivity index (χ3n) is 4.18. The summed E-state index contributed by atoms with van der Waals surface area (Å²) in [5.74, 6) is -1.33. The van der Waals surface area contributed by atoms with E-state index in [2.05, 4.69) is 10.6 Å². The number of hydrogen-bond donors (Lipinski definition) is 2. The van der Waals surface area contributed by atoms with Gasteiger partial charge in [0.15, 0.2) is 9.84 Å². The smallest absolute Gasteiger partial charge is 0.338 e. The Morgan fingerprint density at radius 3 is 2.50 bits per heavy atom. The molecule has 2 N–H and O–H groups in total. The molecule has 0 saturated heterocycles. The molecule has 2 aromatic rings. The first-order valence-corrected chi connectivity index (χ1v) is 10.3. The van der Waals surface area contributed by atoms with Crippen molar-refractivity contribution in [3.63, 3.8) is 0 Å². The van der Waals surface area contributed by atoms with E-state index in [1.54, 1.807) is 36.4 Å². The molecular weight excluding hydrogens is 404 g/mol. The highest BCUT2D eigenvalue weighted by Crippen LogP contribution is 2.29. The topological polar surface area (TPSA) is 102 Å². The van der Waals surface area contributed by atoms with Gasteiger partial charge in [0.1, 0.15) is 0 Å². The molecule has 0 aromatic heterocycles. The summed E-state index contributed by atoms with van der Waals surface area (Å²) in [5, 5.41) is 5.34. The fourth-order valence-corrected chi connectivity index (χ4v) is 4.53. The largest absolute Gasteiger partial charge is 0.466 e. The van der Waals surface area contributed by atoms with Crippen molar-refractivity contribution in [1.29, 1.82) is 0 Å². The zero-order chi connectivity index (χ0) is 20.3. The summed E-state index contributed by atoms with van der Waals surface area (Å²) in [5.41, 5.74) is 0.610.